The molecule has 0 fully saturated rings. The van der Waals surface area contributed by atoms with Crippen LogP contribution in [0.4, 0.5) is 5.69 Å². The minimum atomic E-state index is -0.527. The van der Waals surface area contributed by atoms with E-state index in [1.807, 2.05) is 0 Å². The highest BCUT2D eigenvalue weighted by molar-refractivity contribution is 6.29. The van der Waals surface area contributed by atoms with E-state index in [4.69, 9.17) is 17.3 Å². The van der Waals surface area contributed by atoms with Gasteiger partial charge < -0.3 is 11.1 Å². The Balaban J connectivity index is 1.55. The van der Waals surface area contributed by atoms with Crippen LogP contribution in [-0.2, 0) is 0 Å². The second-order valence-corrected chi connectivity index (χ2v) is 6.68. The molecule has 2 heterocycles. The van der Waals surface area contributed by atoms with Crippen LogP contribution in [-0.4, -0.2) is 26.4 Å². The smallest absolute Gasteiger partial charge is 0.255 e. The van der Waals surface area contributed by atoms with Gasteiger partial charge in [0.05, 0.1) is 0 Å². The van der Waals surface area contributed by atoms with Gasteiger partial charge in [-0.05, 0) is 60.5 Å². The minimum Gasteiger partial charge on any atom is -0.366 e. The monoisotopic (exact) mass is 415 g/mol. The van der Waals surface area contributed by atoms with Crippen LogP contribution in [0.1, 0.15) is 32.1 Å². The Morgan fingerprint density at radius 3 is 2.47 bits per heavy atom. The van der Waals surface area contributed by atoms with Crippen molar-refractivity contribution in [2.75, 3.05) is 5.32 Å². The average molecular weight is 416 g/mol. The van der Waals surface area contributed by atoms with E-state index in [2.05, 4.69) is 27.4 Å². The molecule has 0 radical (unpaired) electrons. The zero-order valence-corrected chi connectivity index (χ0v) is 16.2. The Hall–Kier alpha value is -4.15. The summed E-state index contributed by atoms with van der Waals surface area (Å²) in [4.78, 5) is 23.7. The van der Waals surface area contributed by atoms with Gasteiger partial charge in [-0.3, -0.25) is 14.0 Å². The second kappa shape index (κ2) is 8.07. The highest BCUT2D eigenvalue weighted by Gasteiger charge is 2.08. The normalized spacial score (nSPS) is 10.3. The molecule has 4 aromatic rings. The molecule has 0 saturated heterocycles. The average Bonchev–Trinajstić information content (AvgIpc) is 3.17. The lowest BCUT2D eigenvalue weighted by atomic mass is 10.1. The van der Waals surface area contributed by atoms with Crippen LogP contribution < -0.4 is 11.1 Å². The maximum Gasteiger partial charge on any atom is 0.255 e. The van der Waals surface area contributed by atoms with E-state index in [0.717, 1.165) is 0 Å². The summed E-state index contributed by atoms with van der Waals surface area (Å²) in [5, 5.41) is 11.3. The number of halogens is 1. The molecule has 2 aromatic carbocycles. The van der Waals surface area contributed by atoms with Crippen LogP contribution in [0.25, 0.3) is 5.65 Å². The number of amides is 2. The van der Waals surface area contributed by atoms with Crippen LogP contribution in [0, 0.1) is 11.8 Å². The van der Waals surface area contributed by atoms with Gasteiger partial charge in [0.2, 0.25) is 11.7 Å². The predicted octanol–water partition coefficient (Wildman–Crippen LogP) is 3.13. The van der Waals surface area contributed by atoms with Gasteiger partial charge in [0.25, 0.3) is 5.91 Å². The van der Waals surface area contributed by atoms with Crippen LogP contribution in [0.15, 0.2) is 66.7 Å². The van der Waals surface area contributed by atoms with Gasteiger partial charge >= 0.3 is 0 Å². The third kappa shape index (κ3) is 3.99. The van der Waals surface area contributed by atoms with Crippen molar-refractivity contribution in [1.29, 1.82) is 0 Å². The maximum absolute atomic E-state index is 12.5. The Kier molecular flexibility index (Phi) is 5.16. The Bertz CT molecular complexity index is 1330. The molecule has 0 aliphatic carbocycles. The molecule has 0 unspecified atom stereocenters. The van der Waals surface area contributed by atoms with Crippen molar-refractivity contribution in [2.45, 2.75) is 0 Å². The Morgan fingerprint density at radius 2 is 1.70 bits per heavy atom. The van der Waals surface area contributed by atoms with Gasteiger partial charge in [0.1, 0.15) is 5.15 Å². The molecule has 2 amide bonds. The van der Waals surface area contributed by atoms with Crippen LogP contribution in [0.3, 0.4) is 0 Å². The number of hydrogen-bond acceptors (Lipinski definition) is 4. The van der Waals surface area contributed by atoms with Crippen molar-refractivity contribution in [3.63, 3.8) is 0 Å². The minimum absolute atomic E-state index is 0.304. The summed E-state index contributed by atoms with van der Waals surface area (Å²) in [6.45, 7) is 0. The van der Waals surface area contributed by atoms with Gasteiger partial charge in [0, 0.05) is 22.4 Å². The molecule has 146 valence electrons. The number of carbonyl (C=O) groups excluding carboxylic acids is 2. The molecule has 4 rings (SSSR count). The number of fused-ring (bicyclic) bond motifs is 1. The van der Waals surface area contributed by atoms with E-state index in [9.17, 15) is 9.59 Å². The number of pyridine rings is 1. The fourth-order valence-corrected chi connectivity index (χ4v) is 3.01. The lowest BCUT2D eigenvalue weighted by molar-refractivity contribution is 0.0998. The Morgan fingerprint density at radius 1 is 0.933 bits per heavy atom. The molecule has 0 atom stereocenters. The number of hydrogen-bond donors (Lipinski definition) is 2. The number of nitrogens with zero attached hydrogens (tertiary/aromatic N) is 3. The summed E-state index contributed by atoms with van der Waals surface area (Å²) < 4.78 is 1.64. The van der Waals surface area contributed by atoms with Crippen LogP contribution in [0.5, 0.6) is 0 Å². The zero-order chi connectivity index (χ0) is 21.1. The number of nitrogens with one attached hydrogen (secondary N) is 1. The molecule has 2 aromatic heterocycles. The first-order chi connectivity index (χ1) is 14.5. The topological polar surface area (TPSA) is 102 Å². The molecule has 0 saturated carbocycles. The molecule has 0 spiro atoms. The van der Waals surface area contributed by atoms with Crippen molar-refractivity contribution in [1.82, 2.24) is 14.6 Å². The number of anilines is 1. The highest BCUT2D eigenvalue weighted by Crippen LogP contribution is 2.14. The third-order valence-corrected chi connectivity index (χ3v) is 4.55. The second-order valence-electron chi connectivity index (χ2n) is 6.29. The summed E-state index contributed by atoms with van der Waals surface area (Å²) in [5.74, 6) is 5.49. The summed E-state index contributed by atoms with van der Waals surface area (Å²) >= 11 is 6.19. The number of carbonyl (C=O) groups is 2. The lowest BCUT2D eigenvalue weighted by Crippen LogP contribution is -2.13. The van der Waals surface area contributed by atoms with Crippen LogP contribution in [0.2, 0.25) is 5.15 Å². The van der Waals surface area contributed by atoms with Crippen LogP contribution >= 0.6 is 11.6 Å². The first-order valence-corrected chi connectivity index (χ1v) is 9.22. The lowest BCUT2D eigenvalue weighted by Gasteiger charge is -2.06. The molecule has 0 aliphatic heterocycles. The quantitative estimate of drug-likeness (QED) is 0.396. The fraction of sp³-hybridized carbons (Fsp3) is 0. The molecule has 0 bridgehead atoms. The first-order valence-electron chi connectivity index (χ1n) is 8.84. The number of rotatable bonds is 3. The van der Waals surface area contributed by atoms with Gasteiger partial charge in [-0.25, -0.2) is 0 Å². The van der Waals surface area contributed by atoms with E-state index in [1.54, 1.807) is 71.1 Å². The van der Waals surface area contributed by atoms with E-state index in [0.29, 0.717) is 39.0 Å². The summed E-state index contributed by atoms with van der Waals surface area (Å²) in [6, 6.07) is 18.5. The van der Waals surface area contributed by atoms with E-state index < -0.39 is 5.91 Å². The first kappa shape index (κ1) is 19.2. The summed E-state index contributed by atoms with van der Waals surface area (Å²) in [7, 11) is 0. The summed E-state index contributed by atoms with van der Waals surface area (Å²) in [6.07, 6.45) is 0. The Labute approximate surface area is 176 Å². The highest BCUT2D eigenvalue weighted by atomic mass is 35.5. The molecular weight excluding hydrogens is 402 g/mol. The number of nitrogens with two attached hydrogens (primary N) is 1. The third-order valence-electron chi connectivity index (χ3n) is 4.25. The van der Waals surface area contributed by atoms with Gasteiger partial charge in [0.15, 0.2) is 5.65 Å². The van der Waals surface area contributed by atoms with Gasteiger partial charge in [-0.1, -0.05) is 29.7 Å². The number of benzene rings is 2. The number of aromatic nitrogens is 3. The van der Waals surface area contributed by atoms with E-state index in [-0.39, 0.29) is 5.91 Å². The molecule has 30 heavy (non-hydrogen) atoms. The molecule has 0 aliphatic rings. The fourth-order valence-electron chi connectivity index (χ4n) is 2.77. The largest absolute Gasteiger partial charge is 0.366 e. The standard InChI is InChI=1S/C22H14ClN5O2/c23-18-5-2-6-19-26-27-20(28(18)19)12-7-14-3-1-4-16(13-14)22(30)25-17-10-8-15(9-11-17)21(24)29/h1-6,8-11,13H,(H2,24,29)(H,25,30). The maximum atomic E-state index is 12.5. The summed E-state index contributed by atoms with van der Waals surface area (Å²) in [5.41, 5.74) is 7.80. The SMILES string of the molecule is NC(=O)c1ccc(NC(=O)c2cccc(C#Cc3nnc4cccc(Cl)n34)c2)cc1. The van der Waals surface area contributed by atoms with Gasteiger partial charge in [-0.2, -0.15) is 0 Å². The van der Waals surface area contributed by atoms with Crippen molar-refractivity contribution >= 4 is 34.7 Å². The van der Waals surface area contributed by atoms with Crippen molar-refractivity contribution < 1.29 is 9.59 Å². The molecule has 7 nitrogen and oxygen atoms in total. The van der Waals surface area contributed by atoms with Gasteiger partial charge in [-0.15, -0.1) is 10.2 Å². The van der Waals surface area contributed by atoms with Crippen molar-refractivity contribution in [2.24, 2.45) is 5.73 Å². The van der Waals surface area contributed by atoms with Crippen molar-refractivity contribution in [3.05, 3.63) is 94.4 Å². The molecular formula is C22H14ClN5O2. The number of primary amides is 1. The van der Waals surface area contributed by atoms with Crippen molar-refractivity contribution in [3.8, 4) is 11.8 Å². The molecule has 3 N–H and O–H groups in total. The van der Waals surface area contributed by atoms with E-state index >= 15 is 0 Å². The molecule has 8 heteroatoms. The van der Waals surface area contributed by atoms with E-state index in [1.165, 1.54) is 0 Å². The zero-order valence-electron chi connectivity index (χ0n) is 15.5. The predicted molar refractivity (Wildman–Crippen MR) is 113 cm³/mol.